The minimum absolute atomic E-state index is 0.135. The molecule has 0 aliphatic heterocycles. The summed E-state index contributed by atoms with van der Waals surface area (Å²) in [6, 6.07) is 13.8. The van der Waals surface area contributed by atoms with Crippen molar-refractivity contribution < 1.29 is 19.1 Å². The van der Waals surface area contributed by atoms with Crippen molar-refractivity contribution in [3.63, 3.8) is 0 Å². The van der Waals surface area contributed by atoms with Gasteiger partial charge in [0.2, 0.25) is 5.91 Å². The molecule has 2 amide bonds. The maximum absolute atomic E-state index is 12.0. The first-order chi connectivity index (χ1) is 11.6. The van der Waals surface area contributed by atoms with Gasteiger partial charge in [-0.1, -0.05) is 12.1 Å². The average Bonchev–Trinajstić information content (AvgIpc) is 2.61. The van der Waals surface area contributed by atoms with Crippen molar-refractivity contribution in [2.24, 2.45) is 0 Å². The van der Waals surface area contributed by atoms with Gasteiger partial charge >= 0.3 is 0 Å². The highest BCUT2D eigenvalue weighted by molar-refractivity contribution is 5.99. The van der Waals surface area contributed by atoms with Crippen molar-refractivity contribution in [2.75, 3.05) is 25.6 Å². The van der Waals surface area contributed by atoms with E-state index < -0.39 is 0 Å². The Balaban J connectivity index is 1.87. The molecule has 0 aliphatic rings. The lowest BCUT2D eigenvalue weighted by molar-refractivity contribution is -0.115. The van der Waals surface area contributed by atoms with Crippen LogP contribution in [0.4, 0.5) is 5.69 Å². The fraction of sp³-hybridized carbons (Fsp3) is 0.222. The Bertz CT molecular complexity index is 698. The molecule has 0 aliphatic carbocycles. The number of anilines is 1. The third kappa shape index (κ3) is 4.74. The highest BCUT2D eigenvalue weighted by Gasteiger charge is 2.10. The van der Waals surface area contributed by atoms with E-state index >= 15 is 0 Å². The first-order valence-electron chi connectivity index (χ1n) is 7.58. The van der Waals surface area contributed by atoms with E-state index in [2.05, 4.69) is 10.6 Å². The number of hydrogen-bond acceptors (Lipinski definition) is 4. The predicted octanol–water partition coefficient (Wildman–Crippen LogP) is 2.46. The molecule has 0 heterocycles. The van der Waals surface area contributed by atoms with Crippen LogP contribution in [-0.4, -0.2) is 32.1 Å². The molecule has 24 heavy (non-hydrogen) atoms. The number of rotatable bonds is 7. The van der Waals surface area contributed by atoms with Crippen LogP contribution in [0.2, 0.25) is 0 Å². The second-order valence-electron chi connectivity index (χ2n) is 4.89. The Morgan fingerprint density at radius 2 is 1.75 bits per heavy atom. The first-order valence-corrected chi connectivity index (χ1v) is 7.58. The van der Waals surface area contributed by atoms with Gasteiger partial charge in [-0.15, -0.1) is 0 Å². The number of nitrogens with one attached hydrogen (secondary N) is 2. The number of benzene rings is 2. The zero-order chi connectivity index (χ0) is 17.4. The average molecular weight is 328 g/mol. The molecule has 2 N–H and O–H groups in total. The zero-order valence-electron chi connectivity index (χ0n) is 13.7. The lowest BCUT2D eigenvalue weighted by Gasteiger charge is -2.10. The maximum Gasteiger partial charge on any atom is 0.251 e. The van der Waals surface area contributed by atoms with Gasteiger partial charge in [-0.25, -0.2) is 0 Å². The summed E-state index contributed by atoms with van der Waals surface area (Å²) in [5.74, 6) is 0.596. The second-order valence-corrected chi connectivity index (χ2v) is 4.89. The summed E-state index contributed by atoms with van der Waals surface area (Å²) >= 11 is 0. The van der Waals surface area contributed by atoms with Gasteiger partial charge in [0.1, 0.15) is 11.5 Å². The number of ether oxygens (including phenoxy) is 2. The maximum atomic E-state index is 12.0. The van der Waals surface area contributed by atoms with Crippen molar-refractivity contribution in [3.8, 4) is 11.5 Å². The Hall–Kier alpha value is -3.02. The molecule has 0 saturated carbocycles. The van der Waals surface area contributed by atoms with Gasteiger partial charge in [-0.3, -0.25) is 9.59 Å². The molecule has 0 spiro atoms. The minimum Gasteiger partial charge on any atom is -0.495 e. The molecule has 0 unspecified atom stereocenters. The number of amides is 2. The van der Waals surface area contributed by atoms with Gasteiger partial charge in [-0.2, -0.15) is 0 Å². The topological polar surface area (TPSA) is 76.7 Å². The highest BCUT2D eigenvalue weighted by Crippen LogP contribution is 2.22. The Morgan fingerprint density at radius 1 is 1.04 bits per heavy atom. The van der Waals surface area contributed by atoms with E-state index in [9.17, 15) is 9.59 Å². The molecule has 0 fully saturated rings. The van der Waals surface area contributed by atoms with Crippen LogP contribution >= 0.6 is 0 Å². The van der Waals surface area contributed by atoms with Crippen LogP contribution in [0.3, 0.4) is 0 Å². The molecule has 6 heteroatoms. The van der Waals surface area contributed by atoms with Crippen molar-refractivity contribution in [2.45, 2.75) is 6.92 Å². The van der Waals surface area contributed by atoms with Crippen molar-refractivity contribution in [1.29, 1.82) is 0 Å². The SMILES string of the molecule is CCOc1ccc(C(=O)NCC(=O)Nc2ccccc2OC)cc1. The van der Waals surface area contributed by atoms with Crippen LogP contribution in [0.25, 0.3) is 0 Å². The van der Waals surface area contributed by atoms with Gasteiger partial charge in [0.25, 0.3) is 5.91 Å². The van der Waals surface area contributed by atoms with Crippen LogP contribution in [0.5, 0.6) is 11.5 Å². The smallest absolute Gasteiger partial charge is 0.251 e. The van der Waals surface area contributed by atoms with E-state index in [4.69, 9.17) is 9.47 Å². The summed E-state index contributed by atoms with van der Waals surface area (Å²) < 4.78 is 10.5. The minimum atomic E-state index is -0.334. The Kier molecular flexibility index (Phi) is 6.19. The van der Waals surface area contributed by atoms with Gasteiger partial charge in [-0.05, 0) is 43.3 Å². The first kappa shape index (κ1) is 17.3. The van der Waals surface area contributed by atoms with Crippen LogP contribution < -0.4 is 20.1 Å². The largest absolute Gasteiger partial charge is 0.495 e. The van der Waals surface area contributed by atoms with Crippen LogP contribution in [-0.2, 0) is 4.79 Å². The van der Waals surface area contributed by atoms with Gasteiger partial charge < -0.3 is 20.1 Å². The molecule has 0 radical (unpaired) electrons. The molecule has 0 saturated heterocycles. The molecular weight excluding hydrogens is 308 g/mol. The van der Waals surface area contributed by atoms with E-state index in [1.165, 1.54) is 7.11 Å². The summed E-state index contributed by atoms with van der Waals surface area (Å²) in [6.45, 7) is 2.32. The van der Waals surface area contributed by atoms with Crippen molar-refractivity contribution in [3.05, 3.63) is 54.1 Å². The Morgan fingerprint density at radius 3 is 2.42 bits per heavy atom. The summed E-state index contributed by atoms with van der Waals surface area (Å²) in [6.07, 6.45) is 0. The number of para-hydroxylation sites is 2. The normalized spacial score (nSPS) is 9.92. The van der Waals surface area contributed by atoms with Gasteiger partial charge in [0.05, 0.1) is 25.9 Å². The summed E-state index contributed by atoms with van der Waals surface area (Å²) in [7, 11) is 1.53. The lowest BCUT2D eigenvalue weighted by atomic mass is 10.2. The molecule has 2 aromatic carbocycles. The standard InChI is InChI=1S/C18H20N2O4/c1-3-24-14-10-8-13(9-11-14)18(22)19-12-17(21)20-15-6-4-5-7-16(15)23-2/h4-11H,3,12H2,1-2H3,(H,19,22)(H,20,21). The quantitative estimate of drug-likeness (QED) is 0.818. The second kappa shape index (κ2) is 8.57. The molecule has 126 valence electrons. The van der Waals surface area contributed by atoms with Crippen molar-refractivity contribution in [1.82, 2.24) is 5.32 Å². The third-order valence-corrected chi connectivity index (χ3v) is 3.22. The molecular formula is C18H20N2O4. The monoisotopic (exact) mass is 328 g/mol. The van der Waals surface area contributed by atoms with Crippen molar-refractivity contribution >= 4 is 17.5 Å². The van der Waals surface area contributed by atoms with E-state index in [-0.39, 0.29) is 18.4 Å². The summed E-state index contributed by atoms with van der Waals surface area (Å²) in [5.41, 5.74) is 1.02. The lowest BCUT2D eigenvalue weighted by Crippen LogP contribution is -2.32. The molecule has 0 atom stereocenters. The molecule has 0 aromatic heterocycles. The molecule has 2 aromatic rings. The zero-order valence-corrected chi connectivity index (χ0v) is 13.7. The fourth-order valence-electron chi connectivity index (χ4n) is 2.07. The molecule has 2 rings (SSSR count). The van der Waals surface area contributed by atoms with Crippen LogP contribution in [0, 0.1) is 0 Å². The third-order valence-electron chi connectivity index (χ3n) is 3.22. The van der Waals surface area contributed by atoms with Crippen LogP contribution in [0.15, 0.2) is 48.5 Å². The number of carbonyl (C=O) groups excluding carboxylic acids is 2. The number of methoxy groups -OCH3 is 1. The van der Waals surface area contributed by atoms with Gasteiger partial charge in [0, 0.05) is 5.56 Å². The van der Waals surface area contributed by atoms with E-state index in [1.807, 2.05) is 13.0 Å². The van der Waals surface area contributed by atoms with E-state index in [0.717, 1.165) is 0 Å². The van der Waals surface area contributed by atoms with E-state index in [1.54, 1.807) is 42.5 Å². The number of carbonyl (C=O) groups is 2. The highest BCUT2D eigenvalue weighted by atomic mass is 16.5. The summed E-state index contributed by atoms with van der Waals surface area (Å²) in [4.78, 5) is 24.0. The Labute approximate surface area is 140 Å². The fourth-order valence-corrected chi connectivity index (χ4v) is 2.07. The summed E-state index contributed by atoms with van der Waals surface area (Å²) in [5, 5.41) is 5.27. The molecule has 0 bridgehead atoms. The number of hydrogen-bond donors (Lipinski definition) is 2. The van der Waals surface area contributed by atoms with Gasteiger partial charge in [0.15, 0.2) is 0 Å². The predicted molar refractivity (Wildman–Crippen MR) is 91.6 cm³/mol. The van der Waals surface area contributed by atoms with E-state index in [0.29, 0.717) is 29.4 Å². The van der Waals surface area contributed by atoms with Crippen LogP contribution in [0.1, 0.15) is 17.3 Å². The molecule has 6 nitrogen and oxygen atoms in total.